The Morgan fingerprint density at radius 3 is 1.28 bits per heavy atom. The number of esters is 2. The van der Waals surface area contributed by atoms with E-state index in [1.54, 1.807) is 0 Å². The predicted molar refractivity (Wildman–Crippen MR) is 275 cm³/mol. The number of carbonyl (C=O) groups is 2. The average molecular weight is 987 g/mol. The Morgan fingerprint density at radius 1 is 0.485 bits per heavy atom. The molecule has 1 saturated heterocycles. The summed E-state index contributed by atoms with van der Waals surface area (Å²) in [6.45, 7) is 3.78. The zero-order chi connectivity index (χ0) is 49.8. The number of rotatable bonds is 48. The Kier molecular flexibility index (Phi) is 42.5. The van der Waals surface area contributed by atoms with Crippen molar-refractivity contribution in [2.24, 2.45) is 0 Å². The van der Waals surface area contributed by atoms with E-state index in [0.717, 1.165) is 32.1 Å². The van der Waals surface area contributed by atoms with E-state index in [0.29, 0.717) is 19.3 Å². The number of aliphatic hydroxyl groups excluding tert-OH is 3. The fraction of sp³-hybridized carbons (Fsp3) is 0.891. The zero-order valence-electron chi connectivity index (χ0n) is 43.2. The highest BCUT2D eigenvalue weighted by Gasteiger charge is 2.46. The molecule has 1 aliphatic heterocycles. The third-order valence-corrected chi connectivity index (χ3v) is 13.8. The summed E-state index contributed by atoms with van der Waals surface area (Å²) in [5.41, 5.74) is 0. The van der Waals surface area contributed by atoms with Crippen molar-refractivity contribution >= 4 is 22.1 Å². The first kappa shape index (κ1) is 64.1. The van der Waals surface area contributed by atoms with Crippen molar-refractivity contribution in [2.45, 2.75) is 295 Å². The number of ether oxygens (including phenoxy) is 4. The van der Waals surface area contributed by atoms with Crippen LogP contribution in [0.2, 0.25) is 0 Å². The van der Waals surface area contributed by atoms with E-state index in [1.807, 2.05) is 0 Å². The van der Waals surface area contributed by atoms with Gasteiger partial charge in [0.2, 0.25) is 0 Å². The number of unbranched alkanes of at least 4 members (excludes halogenated alkanes) is 32. The Bertz CT molecular complexity index is 1340. The molecule has 0 spiro atoms. The van der Waals surface area contributed by atoms with Crippen LogP contribution in [0.15, 0.2) is 24.3 Å². The van der Waals surface area contributed by atoms with E-state index in [4.69, 9.17) is 18.9 Å². The SMILES string of the molecule is CCCCCC/C=C/CCCCCCCCCCCC(=O)OC[C@H](CO[C@H]1O[C@H](CS(=O)(=O)O)[C@@H](O)C(O)C1O)OC(=O)CCC/C=C/CCCCCCCCCCCCCCCCCCCC. The molecule has 0 aliphatic carbocycles. The van der Waals surface area contributed by atoms with Gasteiger partial charge in [0.05, 0.1) is 6.61 Å². The molecule has 0 amide bonds. The lowest BCUT2D eigenvalue weighted by Gasteiger charge is -2.40. The summed E-state index contributed by atoms with van der Waals surface area (Å²) in [7, 11) is -4.61. The molecule has 2 unspecified atom stereocenters. The maximum absolute atomic E-state index is 12.9. The maximum Gasteiger partial charge on any atom is 0.306 e. The molecule has 0 aromatic heterocycles. The quantitative estimate of drug-likeness (QED) is 0.0196. The summed E-state index contributed by atoms with van der Waals surface area (Å²) in [6.07, 6.45) is 43.7. The van der Waals surface area contributed by atoms with Crippen LogP contribution in [0.25, 0.3) is 0 Å². The fourth-order valence-electron chi connectivity index (χ4n) is 8.68. The summed E-state index contributed by atoms with van der Waals surface area (Å²) in [6, 6.07) is 0. The molecule has 6 atom stereocenters. The Balaban J connectivity index is 2.33. The van der Waals surface area contributed by atoms with Gasteiger partial charge in [0.15, 0.2) is 12.4 Å². The number of allylic oxidation sites excluding steroid dienone is 4. The van der Waals surface area contributed by atoms with Crippen LogP contribution in [0, 0.1) is 0 Å². The topological polar surface area (TPSA) is 186 Å². The Hall–Kier alpha value is -1.87. The molecule has 1 heterocycles. The highest BCUT2D eigenvalue weighted by molar-refractivity contribution is 7.85. The van der Waals surface area contributed by atoms with Crippen molar-refractivity contribution in [1.82, 2.24) is 0 Å². The molecule has 1 rings (SSSR count). The first-order valence-electron chi connectivity index (χ1n) is 27.9. The number of carbonyl (C=O) groups excluding carboxylic acids is 2. The van der Waals surface area contributed by atoms with Crippen LogP contribution in [0.1, 0.15) is 258 Å². The van der Waals surface area contributed by atoms with Gasteiger partial charge in [-0.15, -0.1) is 0 Å². The van der Waals surface area contributed by atoms with Gasteiger partial charge >= 0.3 is 11.9 Å². The number of hydrogen-bond acceptors (Lipinski definition) is 11. The molecule has 0 aromatic carbocycles. The van der Waals surface area contributed by atoms with Gasteiger partial charge in [-0.25, -0.2) is 0 Å². The van der Waals surface area contributed by atoms with Crippen molar-refractivity contribution in [3.63, 3.8) is 0 Å². The first-order chi connectivity index (χ1) is 33.0. The molecule has 13 heteroatoms. The largest absolute Gasteiger partial charge is 0.462 e. The van der Waals surface area contributed by atoms with Crippen LogP contribution in [0.5, 0.6) is 0 Å². The summed E-state index contributed by atoms with van der Waals surface area (Å²) < 4.78 is 54.3. The molecule has 68 heavy (non-hydrogen) atoms. The van der Waals surface area contributed by atoms with Crippen LogP contribution in [-0.4, -0.2) is 96.0 Å². The average Bonchev–Trinajstić information content (AvgIpc) is 3.31. The second-order valence-corrected chi connectivity index (χ2v) is 21.1. The van der Waals surface area contributed by atoms with Crippen LogP contribution in [0.4, 0.5) is 0 Å². The normalized spacial score (nSPS) is 19.3. The second-order valence-electron chi connectivity index (χ2n) is 19.6. The smallest absolute Gasteiger partial charge is 0.306 e. The van der Waals surface area contributed by atoms with E-state index >= 15 is 0 Å². The molecule has 0 radical (unpaired) electrons. The van der Waals surface area contributed by atoms with Crippen LogP contribution >= 0.6 is 0 Å². The molecule has 1 aliphatic rings. The second kappa shape index (κ2) is 45.0. The molecular formula is C55H102O12S. The molecule has 12 nitrogen and oxygen atoms in total. The van der Waals surface area contributed by atoms with Gasteiger partial charge in [-0.1, -0.05) is 212 Å². The van der Waals surface area contributed by atoms with E-state index < -0.39 is 71.2 Å². The van der Waals surface area contributed by atoms with Gasteiger partial charge in [0.25, 0.3) is 10.1 Å². The van der Waals surface area contributed by atoms with Gasteiger partial charge in [-0.3, -0.25) is 14.1 Å². The third-order valence-electron chi connectivity index (χ3n) is 13.0. The van der Waals surface area contributed by atoms with E-state index in [-0.39, 0.29) is 19.4 Å². The molecule has 4 N–H and O–H groups in total. The molecule has 0 bridgehead atoms. The first-order valence-corrected chi connectivity index (χ1v) is 29.5. The van der Waals surface area contributed by atoms with Crippen molar-refractivity contribution in [1.29, 1.82) is 0 Å². The predicted octanol–water partition coefficient (Wildman–Crippen LogP) is 13.1. The standard InChI is InChI=1S/C55H102O12S/c1-3-5-7-9-11-13-15-17-19-21-22-23-24-25-26-28-30-32-34-36-38-40-42-44-51(57)66-48(46-65-55-54(60)53(59)52(58)49(67-55)47-68(61,62)63)45-64-50(56)43-41-39-37-35-33-31-29-27-20-18-16-14-12-10-8-6-4-2/h14,16,36,38,48-49,52-55,58-60H,3-13,15,17-35,37,39-47H2,1-2H3,(H,61,62,63)/b16-14+,38-36+/t48-,49-,52-,53?,54?,55+/m1/s1. The summed E-state index contributed by atoms with van der Waals surface area (Å²) >= 11 is 0. The number of hydrogen-bond donors (Lipinski definition) is 4. The van der Waals surface area contributed by atoms with Gasteiger partial charge in [0, 0.05) is 12.8 Å². The van der Waals surface area contributed by atoms with E-state index in [9.17, 15) is 37.9 Å². The lowest BCUT2D eigenvalue weighted by atomic mass is 10.00. The number of aliphatic hydroxyl groups is 3. The van der Waals surface area contributed by atoms with Gasteiger partial charge in [-0.05, 0) is 57.8 Å². The maximum atomic E-state index is 12.9. The third kappa shape index (κ3) is 38.8. The van der Waals surface area contributed by atoms with Crippen molar-refractivity contribution in [3.05, 3.63) is 24.3 Å². The summed E-state index contributed by atoms with van der Waals surface area (Å²) in [5, 5.41) is 31.0. The van der Waals surface area contributed by atoms with Gasteiger partial charge < -0.3 is 34.3 Å². The van der Waals surface area contributed by atoms with Crippen molar-refractivity contribution < 1.29 is 56.8 Å². The zero-order valence-corrected chi connectivity index (χ0v) is 44.0. The lowest BCUT2D eigenvalue weighted by Crippen LogP contribution is -2.60. The molecular weight excluding hydrogens is 885 g/mol. The molecule has 0 saturated carbocycles. The van der Waals surface area contributed by atoms with E-state index in [2.05, 4.69) is 38.2 Å². The summed E-state index contributed by atoms with van der Waals surface area (Å²) in [5.74, 6) is -2.01. The Morgan fingerprint density at radius 2 is 0.853 bits per heavy atom. The van der Waals surface area contributed by atoms with Crippen LogP contribution in [-0.2, 0) is 38.7 Å². The molecule has 0 aromatic rings. The van der Waals surface area contributed by atoms with Crippen molar-refractivity contribution in [3.8, 4) is 0 Å². The molecule has 1 fully saturated rings. The lowest BCUT2D eigenvalue weighted by molar-refractivity contribution is -0.297. The highest BCUT2D eigenvalue weighted by Crippen LogP contribution is 2.24. The minimum Gasteiger partial charge on any atom is -0.462 e. The molecule has 400 valence electrons. The van der Waals surface area contributed by atoms with Gasteiger partial charge in [0.1, 0.15) is 36.8 Å². The van der Waals surface area contributed by atoms with Crippen molar-refractivity contribution in [2.75, 3.05) is 19.0 Å². The Labute approximate surface area is 415 Å². The van der Waals surface area contributed by atoms with E-state index in [1.165, 1.54) is 180 Å². The minimum absolute atomic E-state index is 0.120. The highest BCUT2D eigenvalue weighted by atomic mass is 32.2. The van der Waals surface area contributed by atoms with Crippen LogP contribution < -0.4 is 0 Å². The monoisotopic (exact) mass is 987 g/mol. The fourth-order valence-corrected chi connectivity index (χ4v) is 9.37. The summed E-state index contributed by atoms with van der Waals surface area (Å²) in [4.78, 5) is 25.6. The minimum atomic E-state index is -4.61. The van der Waals surface area contributed by atoms with Gasteiger partial charge in [-0.2, -0.15) is 8.42 Å². The van der Waals surface area contributed by atoms with Crippen LogP contribution in [0.3, 0.4) is 0 Å².